The number of carbonyl (C=O) groups is 1. The number of nitrogens with zero attached hydrogens (tertiary/aromatic N) is 1. The summed E-state index contributed by atoms with van der Waals surface area (Å²) in [5.74, 6) is 0.477. The van der Waals surface area contributed by atoms with Gasteiger partial charge in [-0.3, -0.25) is 15.2 Å². The Labute approximate surface area is 127 Å². The van der Waals surface area contributed by atoms with Crippen LogP contribution in [-0.4, -0.2) is 24.0 Å². The Balaban J connectivity index is 2.50. The zero-order valence-corrected chi connectivity index (χ0v) is 13.3. The third-order valence-electron chi connectivity index (χ3n) is 3.90. The van der Waals surface area contributed by atoms with Gasteiger partial charge in [0.2, 0.25) is 0 Å². The summed E-state index contributed by atoms with van der Waals surface area (Å²) in [6, 6.07) is 10.1. The minimum absolute atomic E-state index is 0.0799. The first-order valence-electron chi connectivity index (χ1n) is 7.45. The zero-order valence-electron chi connectivity index (χ0n) is 13.3. The van der Waals surface area contributed by atoms with E-state index in [2.05, 4.69) is 19.3 Å². The van der Waals surface area contributed by atoms with Gasteiger partial charge < -0.3 is 5.73 Å². The Morgan fingerprint density at radius 1 is 1.24 bits per heavy atom. The van der Waals surface area contributed by atoms with Crippen molar-refractivity contribution in [3.63, 3.8) is 0 Å². The maximum atomic E-state index is 12.7. The summed E-state index contributed by atoms with van der Waals surface area (Å²) in [6.07, 6.45) is 0. The van der Waals surface area contributed by atoms with Crippen LogP contribution in [0, 0.1) is 11.3 Å². The van der Waals surface area contributed by atoms with E-state index in [1.54, 1.807) is 5.01 Å². The molecular weight excluding hydrogens is 262 g/mol. The van der Waals surface area contributed by atoms with Crippen LogP contribution in [0.5, 0.6) is 0 Å². The van der Waals surface area contributed by atoms with Crippen LogP contribution in [0.3, 0.4) is 0 Å². The molecule has 21 heavy (non-hydrogen) atoms. The molecule has 1 aromatic rings. The molecule has 0 unspecified atom stereocenters. The normalized spacial score (nSPS) is 18.2. The van der Waals surface area contributed by atoms with Crippen LogP contribution in [0.25, 0.3) is 5.70 Å². The molecule has 114 valence electrons. The quantitative estimate of drug-likeness (QED) is 0.894. The van der Waals surface area contributed by atoms with Crippen LogP contribution in [0.2, 0.25) is 0 Å². The summed E-state index contributed by atoms with van der Waals surface area (Å²) in [4.78, 5) is 12.7. The Morgan fingerprint density at radius 3 is 2.38 bits per heavy atom. The molecule has 3 N–H and O–H groups in total. The molecule has 1 aliphatic rings. The molecule has 2 rings (SSSR count). The fraction of sp³-hybridized carbons (Fsp3) is 0.471. The van der Waals surface area contributed by atoms with Crippen molar-refractivity contribution in [3.8, 4) is 0 Å². The lowest BCUT2D eigenvalue weighted by molar-refractivity contribution is -0.142. The molecule has 0 aromatic heterocycles. The number of carbonyl (C=O) groups excluding carboxylic acids is 1. The van der Waals surface area contributed by atoms with Crippen LogP contribution in [0.1, 0.15) is 33.3 Å². The predicted octanol–water partition coefficient (Wildman–Crippen LogP) is 2.39. The molecule has 0 aliphatic carbocycles. The fourth-order valence-electron chi connectivity index (χ4n) is 2.73. The van der Waals surface area contributed by atoms with Gasteiger partial charge in [-0.25, -0.2) is 0 Å². The van der Waals surface area contributed by atoms with Crippen molar-refractivity contribution < 1.29 is 4.79 Å². The van der Waals surface area contributed by atoms with Gasteiger partial charge in [0.25, 0.3) is 5.91 Å². The van der Waals surface area contributed by atoms with E-state index in [4.69, 9.17) is 5.73 Å². The number of hydrogen-bond acceptors (Lipinski definition) is 3. The average Bonchev–Trinajstić information content (AvgIpc) is 2.44. The third kappa shape index (κ3) is 2.95. The summed E-state index contributed by atoms with van der Waals surface area (Å²) in [6.45, 7) is 9.16. The van der Waals surface area contributed by atoms with E-state index in [-0.39, 0.29) is 5.91 Å². The highest BCUT2D eigenvalue weighted by Gasteiger charge is 2.41. The lowest BCUT2D eigenvalue weighted by Gasteiger charge is -2.42. The van der Waals surface area contributed by atoms with Crippen LogP contribution in [0.15, 0.2) is 35.9 Å². The first kappa shape index (κ1) is 15.6. The molecular formula is C17H25N3O. The Morgan fingerprint density at radius 2 is 1.86 bits per heavy atom. The Bertz CT molecular complexity index is 546. The van der Waals surface area contributed by atoms with Gasteiger partial charge in [-0.15, -0.1) is 0 Å². The Kier molecular flexibility index (Phi) is 4.37. The van der Waals surface area contributed by atoms with E-state index >= 15 is 0 Å². The minimum atomic E-state index is -0.583. The fourth-order valence-corrected chi connectivity index (χ4v) is 2.73. The van der Waals surface area contributed by atoms with E-state index in [0.717, 1.165) is 16.8 Å². The summed E-state index contributed by atoms with van der Waals surface area (Å²) < 4.78 is 0. The highest BCUT2D eigenvalue weighted by molar-refractivity contribution is 5.91. The summed E-state index contributed by atoms with van der Waals surface area (Å²) in [5.41, 5.74) is 11.6. The second kappa shape index (κ2) is 5.90. The van der Waals surface area contributed by atoms with Gasteiger partial charge in [-0.05, 0) is 30.9 Å². The topological polar surface area (TPSA) is 58.4 Å². The second-order valence-electron chi connectivity index (χ2n) is 6.47. The first-order valence-corrected chi connectivity index (χ1v) is 7.45. The molecule has 4 nitrogen and oxygen atoms in total. The molecule has 0 saturated carbocycles. The predicted molar refractivity (Wildman–Crippen MR) is 85.9 cm³/mol. The standard InChI is InChI=1S/C17H25N3O/c1-12(2)11-20-16(21)17(3,4)14(10-18)15(19-20)13-8-6-5-7-9-13/h5-9,12,19H,10-11,18H2,1-4H3. The molecule has 1 amide bonds. The molecule has 1 aliphatic heterocycles. The van der Waals surface area contributed by atoms with Crippen LogP contribution in [-0.2, 0) is 4.79 Å². The third-order valence-corrected chi connectivity index (χ3v) is 3.90. The number of amides is 1. The summed E-state index contributed by atoms with van der Waals surface area (Å²) >= 11 is 0. The van der Waals surface area contributed by atoms with Crippen molar-refractivity contribution in [1.82, 2.24) is 10.4 Å². The number of nitrogens with one attached hydrogen (secondary N) is 1. The molecule has 0 radical (unpaired) electrons. The molecule has 0 atom stereocenters. The van der Waals surface area contributed by atoms with Gasteiger partial charge >= 0.3 is 0 Å². The van der Waals surface area contributed by atoms with Crippen molar-refractivity contribution >= 4 is 11.6 Å². The van der Waals surface area contributed by atoms with Crippen molar-refractivity contribution in [1.29, 1.82) is 0 Å². The second-order valence-corrected chi connectivity index (χ2v) is 6.47. The van der Waals surface area contributed by atoms with Gasteiger partial charge in [-0.1, -0.05) is 44.2 Å². The largest absolute Gasteiger partial charge is 0.327 e. The van der Waals surface area contributed by atoms with E-state index in [1.165, 1.54) is 0 Å². The molecule has 0 saturated heterocycles. The lowest BCUT2D eigenvalue weighted by Crippen LogP contribution is -2.55. The number of benzene rings is 1. The van der Waals surface area contributed by atoms with Gasteiger partial charge in [0.1, 0.15) is 0 Å². The molecule has 4 heteroatoms. The smallest absolute Gasteiger partial charge is 0.250 e. The minimum Gasteiger partial charge on any atom is -0.327 e. The van der Waals surface area contributed by atoms with Gasteiger partial charge in [-0.2, -0.15) is 0 Å². The zero-order chi connectivity index (χ0) is 15.6. The van der Waals surface area contributed by atoms with Crippen molar-refractivity contribution in [2.75, 3.05) is 13.1 Å². The molecule has 0 fully saturated rings. The van der Waals surface area contributed by atoms with Gasteiger partial charge in [0.05, 0.1) is 11.1 Å². The highest BCUT2D eigenvalue weighted by Crippen LogP contribution is 2.36. The summed E-state index contributed by atoms with van der Waals surface area (Å²) in [7, 11) is 0. The SMILES string of the molecule is CC(C)CN1NC(c2ccccc2)=C(CN)C(C)(C)C1=O. The molecule has 0 bridgehead atoms. The average molecular weight is 287 g/mol. The maximum Gasteiger partial charge on any atom is 0.250 e. The number of nitrogens with two attached hydrogens (primary N) is 1. The van der Waals surface area contributed by atoms with Crippen molar-refractivity contribution in [2.45, 2.75) is 27.7 Å². The highest BCUT2D eigenvalue weighted by atomic mass is 16.2. The summed E-state index contributed by atoms with van der Waals surface area (Å²) in [5, 5.41) is 1.73. The van der Waals surface area contributed by atoms with Crippen molar-refractivity contribution in [2.24, 2.45) is 17.1 Å². The number of hydrogen-bond donors (Lipinski definition) is 2. The number of rotatable bonds is 4. The van der Waals surface area contributed by atoms with Gasteiger partial charge in [0, 0.05) is 13.1 Å². The van der Waals surface area contributed by atoms with Gasteiger partial charge in [0.15, 0.2) is 0 Å². The van der Waals surface area contributed by atoms with Crippen molar-refractivity contribution in [3.05, 3.63) is 41.5 Å². The van der Waals surface area contributed by atoms with Crippen LogP contribution < -0.4 is 11.2 Å². The molecule has 1 heterocycles. The lowest BCUT2D eigenvalue weighted by atomic mass is 9.79. The molecule has 1 aromatic carbocycles. The Hall–Kier alpha value is -1.81. The maximum absolute atomic E-state index is 12.7. The van der Waals surface area contributed by atoms with Crippen LogP contribution >= 0.6 is 0 Å². The number of hydrazine groups is 1. The molecule has 0 spiro atoms. The van der Waals surface area contributed by atoms with E-state index in [0.29, 0.717) is 19.0 Å². The van der Waals surface area contributed by atoms with E-state index in [9.17, 15) is 4.79 Å². The van der Waals surface area contributed by atoms with Crippen LogP contribution in [0.4, 0.5) is 0 Å². The monoisotopic (exact) mass is 287 g/mol. The van der Waals surface area contributed by atoms with E-state index in [1.807, 2.05) is 44.2 Å². The first-order chi connectivity index (χ1) is 9.87. The van der Waals surface area contributed by atoms with E-state index < -0.39 is 5.41 Å².